The Morgan fingerprint density at radius 3 is 2.50 bits per heavy atom. The van der Waals surface area contributed by atoms with Gasteiger partial charge in [0.1, 0.15) is 5.82 Å². The molecule has 0 saturated heterocycles. The summed E-state index contributed by atoms with van der Waals surface area (Å²) in [4.78, 5) is 0. The molecule has 1 heterocycles. The normalized spacial score (nSPS) is 12.6. The predicted molar refractivity (Wildman–Crippen MR) is 63.9 cm³/mol. The van der Waals surface area contributed by atoms with Gasteiger partial charge in [-0.2, -0.15) is 5.10 Å². The van der Waals surface area contributed by atoms with Gasteiger partial charge in [0.15, 0.2) is 0 Å². The number of nitrogen functional groups attached to an aromatic ring is 1. The van der Waals surface area contributed by atoms with E-state index in [4.69, 9.17) is 10.5 Å². The van der Waals surface area contributed by atoms with Crippen LogP contribution in [0, 0.1) is 0 Å². The van der Waals surface area contributed by atoms with Crippen LogP contribution in [0.5, 0.6) is 0 Å². The minimum absolute atomic E-state index is 0.107. The van der Waals surface area contributed by atoms with Gasteiger partial charge in [-0.1, -0.05) is 24.3 Å². The van der Waals surface area contributed by atoms with Crippen molar-refractivity contribution >= 4 is 5.82 Å². The highest BCUT2D eigenvalue weighted by atomic mass is 16.5. The first-order chi connectivity index (χ1) is 7.72. The van der Waals surface area contributed by atoms with Crippen molar-refractivity contribution in [1.82, 2.24) is 10.2 Å². The van der Waals surface area contributed by atoms with E-state index in [0.717, 1.165) is 16.7 Å². The largest absolute Gasteiger partial charge is 0.384 e. The summed E-state index contributed by atoms with van der Waals surface area (Å²) in [6.45, 7) is 2.02. The molecule has 1 aromatic carbocycles. The highest BCUT2D eigenvalue weighted by molar-refractivity contribution is 5.73. The van der Waals surface area contributed by atoms with Gasteiger partial charge < -0.3 is 10.5 Å². The van der Waals surface area contributed by atoms with Crippen molar-refractivity contribution in [3.05, 3.63) is 36.0 Å². The van der Waals surface area contributed by atoms with Gasteiger partial charge in [-0.05, 0) is 18.1 Å². The number of methoxy groups -OCH3 is 1. The van der Waals surface area contributed by atoms with E-state index in [0.29, 0.717) is 5.82 Å². The molecule has 0 fully saturated rings. The fourth-order valence-corrected chi connectivity index (χ4v) is 1.60. The third kappa shape index (κ3) is 1.92. The fraction of sp³-hybridized carbons (Fsp3) is 0.250. The smallest absolute Gasteiger partial charge is 0.126 e. The molecule has 1 unspecified atom stereocenters. The van der Waals surface area contributed by atoms with E-state index in [9.17, 15) is 0 Å². The van der Waals surface area contributed by atoms with Crippen LogP contribution in [0.2, 0.25) is 0 Å². The summed E-state index contributed by atoms with van der Waals surface area (Å²) in [5.74, 6) is 0.590. The Labute approximate surface area is 94.4 Å². The molecule has 4 nitrogen and oxygen atoms in total. The summed E-state index contributed by atoms with van der Waals surface area (Å²) in [6, 6.07) is 8.12. The summed E-state index contributed by atoms with van der Waals surface area (Å²) in [7, 11) is 1.70. The van der Waals surface area contributed by atoms with E-state index in [1.165, 1.54) is 0 Å². The molecule has 0 aliphatic carbocycles. The van der Waals surface area contributed by atoms with Gasteiger partial charge in [0.2, 0.25) is 0 Å². The molecular formula is C12H15N3O. The molecule has 0 saturated carbocycles. The SMILES string of the molecule is COC(C)c1ccc(-c2cn[nH]c2N)cc1. The van der Waals surface area contributed by atoms with Crippen LogP contribution < -0.4 is 5.73 Å². The van der Waals surface area contributed by atoms with Crippen molar-refractivity contribution < 1.29 is 4.74 Å². The average molecular weight is 217 g/mol. The summed E-state index contributed by atoms with van der Waals surface area (Å²) in [5.41, 5.74) is 8.88. The number of hydrogen-bond donors (Lipinski definition) is 2. The molecule has 16 heavy (non-hydrogen) atoms. The van der Waals surface area contributed by atoms with E-state index < -0.39 is 0 Å². The quantitative estimate of drug-likeness (QED) is 0.829. The number of H-pyrrole nitrogens is 1. The Bertz CT molecular complexity index is 461. The van der Waals surface area contributed by atoms with Crippen molar-refractivity contribution in [2.24, 2.45) is 0 Å². The predicted octanol–water partition coefficient (Wildman–Crippen LogP) is 2.37. The zero-order valence-electron chi connectivity index (χ0n) is 9.40. The number of anilines is 1. The molecule has 1 atom stereocenters. The maximum atomic E-state index is 5.75. The van der Waals surface area contributed by atoms with E-state index in [1.54, 1.807) is 13.3 Å². The van der Waals surface area contributed by atoms with Crippen LogP contribution in [0.3, 0.4) is 0 Å². The van der Waals surface area contributed by atoms with Crippen molar-refractivity contribution in [3.63, 3.8) is 0 Å². The molecule has 84 valence electrons. The number of aromatic amines is 1. The molecule has 0 bridgehead atoms. The monoisotopic (exact) mass is 217 g/mol. The number of rotatable bonds is 3. The fourth-order valence-electron chi connectivity index (χ4n) is 1.60. The van der Waals surface area contributed by atoms with E-state index >= 15 is 0 Å². The van der Waals surface area contributed by atoms with Gasteiger partial charge in [-0.15, -0.1) is 0 Å². The second-order valence-corrected chi connectivity index (χ2v) is 3.70. The number of ether oxygens (including phenoxy) is 1. The first kappa shape index (κ1) is 10.7. The molecule has 2 rings (SSSR count). The Balaban J connectivity index is 2.30. The van der Waals surface area contributed by atoms with Crippen LogP contribution >= 0.6 is 0 Å². The highest BCUT2D eigenvalue weighted by Crippen LogP contribution is 2.25. The first-order valence-electron chi connectivity index (χ1n) is 5.14. The third-order valence-electron chi connectivity index (χ3n) is 2.71. The Morgan fingerprint density at radius 2 is 2.00 bits per heavy atom. The number of aromatic nitrogens is 2. The lowest BCUT2D eigenvalue weighted by Gasteiger charge is -2.10. The Hall–Kier alpha value is -1.81. The van der Waals surface area contributed by atoms with Gasteiger partial charge in [0.05, 0.1) is 12.3 Å². The van der Waals surface area contributed by atoms with Crippen molar-refractivity contribution in [1.29, 1.82) is 0 Å². The van der Waals surface area contributed by atoms with E-state index in [2.05, 4.69) is 10.2 Å². The zero-order chi connectivity index (χ0) is 11.5. The van der Waals surface area contributed by atoms with E-state index in [1.807, 2.05) is 31.2 Å². The van der Waals surface area contributed by atoms with Gasteiger partial charge >= 0.3 is 0 Å². The first-order valence-corrected chi connectivity index (χ1v) is 5.14. The van der Waals surface area contributed by atoms with Gasteiger partial charge in [-0.25, -0.2) is 0 Å². The van der Waals surface area contributed by atoms with E-state index in [-0.39, 0.29) is 6.10 Å². The molecule has 0 radical (unpaired) electrons. The molecule has 3 N–H and O–H groups in total. The summed E-state index contributed by atoms with van der Waals surface area (Å²) < 4.78 is 5.25. The maximum Gasteiger partial charge on any atom is 0.126 e. The van der Waals surface area contributed by atoms with Gasteiger partial charge in [0.25, 0.3) is 0 Å². The minimum atomic E-state index is 0.107. The number of hydrogen-bond acceptors (Lipinski definition) is 3. The van der Waals surface area contributed by atoms with Crippen molar-refractivity contribution in [2.75, 3.05) is 12.8 Å². The van der Waals surface area contributed by atoms with Crippen LogP contribution in [0.25, 0.3) is 11.1 Å². The van der Waals surface area contributed by atoms with Crippen LogP contribution in [0.4, 0.5) is 5.82 Å². The summed E-state index contributed by atoms with van der Waals surface area (Å²) in [6.07, 6.45) is 1.83. The van der Waals surface area contributed by atoms with Crippen LogP contribution in [-0.4, -0.2) is 17.3 Å². The Kier molecular flexibility index (Phi) is 2.92. The van der Waals surface area contributed by atoms with Crippen molar-refractivity contribution in [2.45, 2.75) is 13.0 Å². The minimum Gasteiger partial charge on any atom is -0.384 e. The summed E-state index contributed by atoms with van der Waals surface area (Å²) >= 11 is 0. The lowest BCUT2D eigenvalue weighted by Crippen LogP contribution is -1.95. The molecule has 0 spiro atoms. The highest BCUT2D eigenvalue weighted by Gasteiger charge is 2.06. The van der Waals surface area contributed by atoms with Crippen molar-refractivity contribution in [3.8, 4) is 11.1 Å². The van der Waals surface area contributed by atoms with Crippen LogP contribution in [0.1, 0.15) is 18.6 Å². The van der Waals surface area contributed by atoms with Crippen LogP contribution in [0.15, 0.2) is 30.5 Å². The average Bonchev–Trinajstić information content (AvgIpc) is 2.75. The molecule has 0 aliphatic rings. The second kappa shape index (κ2) is 4.37. The third-order valence-corrected chi connectivity index (χ3v) is 2.71. The summed E-state index contributed by atoms with van der Waals surface area (Å²) in [5, 5.41) is 6.62. The maximum absolute atomic E-state index is 5.75. The lowest BCUT2D eigenvalue weighted by molar-refractivity contribution is 0.119. The topological polar surface area (TPSA) is 63.9 Å². The Morgan fingerprint density at radius 1 is 1.31 bits per heavy atom. The number of nitrogens with one attached hydrogen (secondary N) is 1. The molecule has 0 amide bonds. The molecule has 1 aromatic heterocycles. The number of benzene rings is 1. The molecular weight excluding hydrogens is 202 g/mol. The van der Waals surface area contributed by atoms with Crippen LogP contribution in [-0.2, 0) is 4.74 Å². The van der Waals surface area contributed by atoms with Gasteiger partial charge in [-0.3, -0.25) is 5.10 Å². The van der Waals surface area contributed by atoms with Gasteiger partial charge in [0, 0.05) is 12.7 Å². The second-order valence-electron chi connectivity index (χ2n) is 3.70. The standard InChI is InChI=1S/C12H15N3O/c1-8(16-2)9-3-5-10(6-4-9)11-7-14-15-12(11)13/h3-8H,1-2H3,(H3,13,14,15). The number of nitrogens with zero attached hydrogens (tertiary/aromatic N) is 1. The molecule has 0 aliphatic heterocycles. The zero-order valence-corrected chi connectivity index (χ0v) is 9.40. The molecule has 4 heteroatoms. The number of nitrogens with two attached hydrogens (primary N) is 1. The lowest BCUT2D eigenvalue weighted by atomic mass is 10.0. The molecule has 2 aromatic rings.